The number of anilines is 1. The maximum Gasteiger partial charge on any atom is 0.255 e. The van der Waals surface area contributed by atoms with Gasteiger partial charge in [-0.15, -0.1) is 11.3 Å². The number of hydrogen-bond acceptors (Lipinski definition) is 3. The van der Waals surface area contributed by atoms with Crippen LogP contribution >= 0.6 is 11.3 Å². The molecule has 0 aliphatic heterocycles. The van der Waals surface area contributed by atoms with Crippen molar-refractivity contribution < 1.29 is 13.6 Å². The normalized spacial score (nSPS) is 10.9. The molecule has 0 saturated carbocycles. The van der Waals surface area contributed by atoms with Crippen LogP contribution in [0.2, 0.25) is 0 Å². The van der Waals surface area contributed by atoms with Crippen LogP contribution in [0.15, 0.2) is 60.7 Å². The molecule has 0 saturated heterocycles. The van der Waals surface area contributed by atoms with Gasteiger partial charge >= 0.3 is 0 Å². The summed E-state index contributed by atoms with van der Waals surface area (Å²) in [5.41, 5.74) is 3.70. The average molecular weight is 380 g/mol. The molecule has 1 amide bonds. The van der Waals surface area contributed by atoms with Crippen molar-refractivity contribution in [3.05, 3.63) is 83.4 Å². The fraction of sp³-hybridized carbons (Fsp3) is 0.0476. The molecule has 0 unspecified atom stereocenters. The van der Waals surface area contributed by atoms with Crippen LogP contribution < -0.4 is 5.32 Å². The van der Waals surface area contributed by atoms with Crippen LogP contribution in [0.1, 0.15) is 15.9 Å². The van der Waals surface area contributed by atoms with Gasteiger partial charge in [-0.3, -0.25) is 4.79 Å². The lowest BCUT2D eigenvalue weighted by Gasteiger charge is -2.06. The molecule has 27 heavy (non-hydrogen) atoms. The second-order valence-electron chi connectivity index (χ2n) is 6.15. The quantitative estimate of drug-likeness (QED) is 0.488. The molecule has 0 spiro atoms. The summed E-state index contributed by atoms with van der Waals surface area (Å²) < 4.78 is 27.4. The van der Waals surface area contributed by atoms with E-state index in [0.29, 0.717) is 5.69 Å². The van der Waals surface area contributed by atoms with Crippen molar-refractivity contribution in [1.29, 1.82) is 0 Å². The van der Waals surface area contributed by atoms with E-state index in [-0.39, 0.29) is 5.56 Å². The SMILES string of the molecule is Cc1ccc2nc(-c3ccc(NC(=O)c4ccc(F)c(F)c4)cc3)sc2c1. The molecule has 3 nitrogen and oxygen atoms in total. The van der Waals surface area contributed by atoms with Crippen LogP contribution in [0.3, 0.4) is 0 Å². The highest BCUT2D eigenvalue weighted by Gasteiger charge is 2.11. The van der Waals surface area contributed by atoms with Crippen molar-refractivity contribution in [3.63, 3.8) is 0 Å². The Balaban J connectivity index is 1.54. The molecular weight excluding hydrogens is 366 g/mol. The molecule has 3 aromatic carbocycles. The molecule has 0 bridgehead atoms. The topological polar surface area (TPSA) is 42.0 Å². The van der Waals surface area contributed by atoms with Gasteiger partial charge in [0.1, 0.15) is 5.01 Å². The van der Waals surface area contributed by atoms with E-state index >= 15 is 0 Å². The lowest BCUT2D eigenvalue weighted by Crippen LogP contribution is -2.12. The number of aromatic nitrogens is 1. The summed E-state index contributed by atoms with van der Waals surface area (Å²) in [6.45, 7) is 2.04. The number of fused-ring (bicyclic) bond motifs is 1. The van der Waals surface area contributed by atoms with Crippen molar-refractivity contribution in [3.8, 4) is 10.6 Å². The number of nitrogens with one attached hydrogen (secondary N) is 1. The number of hydrogen-bond donors (Lipinski definition) is 1. The lowest BCUT2D eigenvalue weighted by molar-refractivity contribution is 0.102. The second-order valence-corrected chi connectivity index (χ2v) is 7.18. The molecule has 1 aromatic heterocycles. The first-order chi connectivity index (χ1) is 13.0. The summed E-state index contributed by atoms with van der Waals surface area (Å²) in [7, 11) is 0. The summed E-state index contributed by atoms with van der Waals surface area (Å²) in [5, 5.41) is 3.57. The lowest BCUT2D eigenvalue weighted by atomic mass is 10.1. The van der Waals surface area contributed by atoms with Gasteiger partial charge < -0.3 is 5.32 Å². The van der Waals surface area contributed by atoms with Crippen LogP contribution in [0, 0.1) is 18.6 Å². The van der Waals surface area contributed by atoms with E-state index in [0.717, 1.165) is 32.9 Å². The maximum absolute atomic E-state index is 13.3. The Labute approximate surface area is 158 Å². The first kappa shape index (κ1) is 17.3. The zero-order valence-corrected chi connectivity index (χ0v) is 15.1. The molecule has 0 atom stereocenters. The predicted molar refractivity (Wildman–Crippen MR) is 104 cm³/mol. The third-order valence-corrected chi connectivity index (χ3v) is 5.18. The minimum atomic E-state index is -1.05. The molecule has 1 heterocycles. The monoisotopic (exact) mass is 380 g/mol. The fourth-order valence-electron chi connectivity index (χ4n) is 2.69. The van der Waals surface area contributed by atoms with E-state index < -0.39 is 17.5 Å². The van der Waals surface area contributed by atoms with Crippen molar-refractivity contribution in [2.75, 3.05) is 5.32 Å². The zero-order valence-electron chi connectivity index (χ0n) is 14.3. The highest BCUT2D eigenvalue weighted by molar-refractivity contribution is 7.21. The molecule has 4 rings (SSSR count). The number of benzene rings is 3. The van der Waals surface area contributed by atoms with Gasteiger partial charge in [0.2, 0.25) is 0 Å². The van der Waals surface area contributed by atoms with E-state index in [9.17, 15) is 13.6 Å². The molecule has 4 aromatic rings. The Kier molecular flexibility index (Phi) is 4.41. The van der Waals surface area contributed by atoms with Gasteiger partial charge in [-0.2, -0.15) is 0 Å². The van der Waals surface area contributed by atoms with Crippen LogP contribution in [-0.2, 0) is 0 Å². The van der Waals surface area contributed by atoms with Gasteiger partial charge in [-0.25, -0.2) is 13.8 Å². The van der Waals surface area contributed by atoms with Crippen LogP contribution in [0.4, 0.5) is 14.5 Å². The molecule has 6 heteroatoms. The molecular formula is C21H14F2N2OS. The van der Waals surface area contributed by atoms with Crippen molar-refractivity contribution in [2.24, 2.45) is 0 Å². The van der Waals surface area contributed by atoms with E-state index in [2.05, 4.69) is 16.4 Å². The number of aryl methyl sites for hydroxylation is 1. The summed E-state index contributed by atoms with van der Waals surface area (Å²) in [6, 6.07) is 16.4. The fourth-order valence-corrected chi connectivity index (χ4v) is 3.76. The largest absolute Gasteiger partial charge is 0.322 e. The van der Waals surface area contributed by atoms with Crippen molar-refractivity contribution in [1.82, 2.24) is 4.98 Å². The van der Waals surface area contributed by atoms with Gasteiger partial charge in [-0.1, -0.05) is 6.07 Å². The van der Waals surface area contributed by atoms with Crippen LogP contribution in [0.5, 0.6) is 0 Å². The first-order valence-corrected chi connectivity index (χ1v) is 9.05. The number of nitrogens with zero attached hydrogens (tertiary/aromatic N) is 1. The molecule has 0 radical (unpaired) electrons. The highest BCUT2D eigenvalue weighted by atomic mass is 32.1. The minimum Gasteiger partial charge on any atom is -0.322 e. The van der Waals surface area contributed by atoms with Crippen LogP contribution in [-0.4, -0.2) is 10.9 Å². The third kappa shape index (κ3) is 3.57. The number of rotatable bonds is 3. The first-order valence-electron chi connectivity index (χ1n) is 8.23. The van der Waals surface area contributed by atoms with Crippen molar-refractivity contribution >= 4 is 33.1 Å². The third-order valence-electron chi connectivity index (χ3n) is 4.12. The smallest absolute Gasteiger partial charge is 0.255 e. The highest BCUT2D eigenvalue weighted by Crippen LogP contribution is 2.31. The van der Waals surface area contributed by atoms with Crippen LogP contribution in [0.25, 0.3) is 20.8 Å². The van der Waals surface area contributed by atoms with E-state index in [1.54, 1.807) is 23.5 Å². The van der Waals surface area contributed by atoms with Gasteiger partial charge in [0.05, 0.1) is 10.2 Å². The number of thiazole rings is 1. The van der Waals surface area contributed by atoms with Gasteiger partial charge in [0, 0.05) is 16.8 Å². The Morgan fingerprint density at radius 3 is 2.48 bits per heavy atom. The van der Waals surface area contributed by atoms with Gasteiger partial charge in [0.15, 0.2) is 11.6 Å². The minimum absolute atomic E-state index is 0.0551. The molecule has 0 aliphatic carbocycles. The van der Waals surface area contributed by atoms with E-state index in [1.807, 2.05) is 31.2 Å². The molecule has 0 aliphatic rings. The predicted octanol–water partition coefficient (Wildman–Crippen LogP) is 5.80. The number of carbonyl (C=O) groups excluding carboxylic acids is 1. The Bertz CT molecular complexity index is 1150. The van der Waals surface area contributed by atoms with E-state index in [4.69, 9.17) is 0 Å². The Morgan fingerprint density at radius 2 is 1.74 bits per heavy atom. The standard InChI is InChI=1S/C21H14F2N2OS/c1-12-2-9-18-19(10-12)27-21(25-18)13-3-6-15(7-4-13)24-20(26)14-5-8-16(22)17(23)11-14/h2-11H,1H3,(H,24,26). The van der Waals surface area contributed by atoms with E-state index in [1.165, 1.54) is 11.6 Å². The summed E-state index contributed by atoms with van der Waals surface area (Å²) in [6.07, 6.45) is 0. The Morgan fingerprint density at radius 1 is 0.963 bits per heavy atom. The molecule has 1 N–H and O–H groups in total. The molecule has 0 fully saturated rings. The second kappa shape index (κ2) is 6.89. The number of amides is 1. The number of carbonyl (C=O) groups is 1. The maximum atomic E-state index is 13.3. The zero-order chi connectivity index (χ0) is 19.0. The average Bonchev–Trinajstić information content (AvgIpc) is 3.07. The van der Waals surface area contributed by atoms with Crippen molar-refractivity contribution in [2.45, 2.75) is 6.92 Å². The summed E-state index contributed by atoms with van der Waals surface area (Å²) in [5.74, 6) is -2.54. The Hall–Kier alpha value is -3.12. The van der Waals surface area contributed by atoms with Gasteiger partial charge in [-0.05, 0) is 67.1 Å². The summed E-state index contributed by atoms with van der Waals surface area (Å²) >= 11 is 1.61. The number of halogens is 2. The molecule has 134 valence electrons. The summed E-state index contributed by atoms with van der Waals surface area (Å²) in [4.78, 5) is 16.8. The van der Waals surface area contributed by atoms with Gasteiger partial charge in [0.25, 0.3) is 5.91 Å².